The Bertz CT molecular complexity index is 762. The fourth-order valence-corrected chi connectivity index (χ4v) is 3.29. The van der Waals surface area contributed by atoms with E-state index in [0.29, 0.717) is 23.9 Å². The molecule has 2 aromatic carbocycles. The molecule has 1 aliphatic heterocycles. The van der Waals surface area contributed by atoms with Crippen LogP contribution >= 0.6 is 11.6 Å². The summed E-state index contributed by atoms with van der Waals surface area (Å²) < 4.78 is 5.63. The molecule has 1 unspecified atom stereocenters. The summed E-state index contributed by atoms with van der Waals surface area (Å²) in [5, 5.41) is 6.51. The van der Waals surface area contributed by atoms with Crippen molar-refractivity contribution in [1.82, 2.24) is 15.5 Å². The summed E-state index contributed by atoms with van der Waals surface area (Å²) in [6.07, 6.45) is 0.722. The third kappa shape index (κ3) is 4.68. The van der Waals surface area contributed by atoms with Gasteiger partial charge in [-0.25, -0.2) is 4.79 Å². The maximum atomic E-state index is 12.3. The molecule has 6 heteroatoms. The maximum absolute atomic E-state index is 12.3. The zero-order chi connectivity index (χ0) is 18.5. The second kappa shape index (κ2) is 8.43. The van der Waals surface area contributed by atoms with Crippen LogP contribution in [0.1, 0.15) is 29.2 Å². The van der Waals surface area contributed by atoms with Gasteiger partial charge in [0.25, 0.3) is 0 Å². The number of hydrogen-bond donors (Lipinski definition) is 2. The molecule has 2 aromatic rings. The summed E-state index contributed by atoms with van der Waals surface area (Å²) in [4.78, 5) is 14.4. The number of fused-ring (bicyclic) bond motifs is 1. The first kappa shape index (κ1) is 18.5. The van der Waals surface area contributed by atoms with E-state index in [2.05, 4.69) is 27.7 Å². The van der Waals surface area contributed by atoms with Crippen LogP contribution in [0.5, 0.6) is 5.75 Å². The summed E-state index contributed by atoms with van der Waals surface area (Å²) in [6.45, 7) is 1.93. The van der Waals surface area contributed by atoms with Gasteiger partial charge in [0.1, 0.15) is 5.75 Å². The van der Waals surface area contributed by atoms with Crippen molar-refractivity contribution >= 4 is 17.6 Å². The molecule has 0 fully saturated rings. The molecule has 0 bridgehead atoms. The van der Waals surface area contributed by atoms with Crippen LogP contribution in [-0.4, -0.2) is 31.6 Å². The Morgan fingerprint density at radius 1 is 1.19 bits per heavy atom. The molecule has 3 rings (SSSR count). The maximum Gasteiger partial charge on any atom is 0.315 e. The molecule has 1 heterocycles. The number of carbonyl (C=O) groups excluding carboxylic acids is 1. The summed E-state index contributed by atoms with van der Waals surface area (Å²) >= 11 is 6.17. The third-order valence-electron chi connectivity index (χ3n) is 4.31. The predicted molar refractivity (Wildman–Crippen MR) is 104 cm³/mol. The lowest BCUT2D eigenvalue weighted by atomic mass is 10.0. The minimum atomic E-state index is -0.194. The molecule has 2 amide bonds. The lowest BCUT2D eigenvalue weighted by Gasteiger charge is -2.27. The van der Waals surface area contributed by atoms with Crippen molar-refractivity contribution in [3.63, 3.8) is 0 Å². The third-order valence-corrected chi connectivity index (χ3v) is 4.60. The molecule has 138 valence electrons. The van der Waals surface area contributed by atoms with Crippen LogP contribution < -0.4 is 15.4 Å². The number of benzene rings is 2. The van der Waals surface area contributed by atoms with Gasteiger partial charge in [0.2, 0.25) is 0 Å². The fraction of sp³-hybridized carbons (Fsp3) is 0.350. The topological polar surface area (TPSA) is 53.6 Å². The number of nitrogens with zero attached hydrogens (tertiary/aromatic N) is 1. The van der Waals surface area contributed by atoms with Crippen molar-refractivity contribution < 1.29 is 9.53 Å². The first-order valence-corrected chi connectivity index (χ1v) is 9.09. The van der Waals surface area contributed by atoms with E-state index in [-0.39, 0.29) is 12.1 Å². The normalized spacial score (nSPS) is 15.9. The van der Waals surface area contributed by atoms with Gasteiger partial charge in [-0.3, -0.25) is 0 Å². The van der Waals surface area contributed by atoms with Gasteiger partial charge in [-0.1, -0.05) is 48.0 Å². The minimum absolute atomic E-state index is 0.0973. The molecule has 26 heavy (non-hydrogen) atoms. The van der Waals surface area contributed by atoms with Crippen LogP contribution in [0.15, 0.2) is 42.5 Å². The Kier molecular flexibility index (Phi) is 6.01. The van der Waals surface area contributed by atoms with Crippen LogP contribution in [0.2, 0.25) is 5.02 Å². The second-order valence-corrected chi connectivity index (χ2v) is 7.14. The number of carbonyl (C=O) groups is 1. The highest BCUT2D eigenvalue weighted by atomic mass is 35.5. The van der Waals surface area contributed by atoms with E-state index in [1.165, 1.54) is 5.56 Å². The molecule has 0 saturated heterocycles. The van der Waals surface area contributed by atoms with Gasteiger partial charge >= 0.3 is 6.03 Å². The zero-order valence-electron chi connectivity index (χ0n) is 15.1. The number of hydrogen-bond acceptors (Lipinski definition) is 3. The average Bonchev–Trinajstić information content (AvgIpc) is 2.62. The summed E-state index contributed by atoms with van der Waals surface area (Å²) in [7, 11) is 4.09. The minimum Gasteiger partial charge on any atom is -0.492 e. The van der Waals surface area contributed by atoms with Crippen molar-refractivity contribution in [2.75, 3.05) is 20.7 Å². The van der Waals surface area contributed by atoms with Crippen LogP contribution in [-0.2, 0) is 13.1 Å². The molecule has 5 nitrogen and oxygen atoms in total. The standard InChI is InChI=1S/C20H24ClN3O2/c1-24(2)13-15-8-6-14(7-9-15)12-22-20(25)23-18-10-11-26-19-16(18)4-3-5-17(19)21/h3-9,18H,10-13H2,1-2H3,(H2,22,23,25). The monoisotopic (exact) mass is 373 g/mol. The largest absolute Gasteiger partial charge is 0.492 e. The number of urea groups is 1. The lowest BCUT2D eigenvalue weighted by molar-refractivity contribution is 0.223. The predicted octanol–water partition coefficient (Wildman–Crippen LogP) is 3.72. The SMILES string of the molecule is CN(C)Cc1ccc(CNC(=O)NC2CCOc3c(Cl)cccc32)cc1. The van der Waals surface area contributed by atoms with Crippen molar-refractivity contribution in [1.29, 1.82) is 0 Å². The molecular formula is C20H24ClN3O2. The Morgan fingerprint density at radius 3 is 2.65 bits per heavy atom. The Labute approximate surface area is 159 Å². The quantitative estimate of drug-likeness (QED) is 0.839. The van der Waals surface area contributed by atoms with Gasteiger partial charge in [-0.2, -0.15) is 0 Å². The summed E-state index contributed by atoms with van der Waals surface area (Å²) in [5.74, 6) is 0.669. The van der Waals surface area contributed by atoms with Gasteiger partial charge in [0.05, 0.1) is 17.7 Å². The highest BCUT2D eigenvalue weighted by molar-refractivity contribution is 6.32. The van der Waals surface area contributed by atoms with Crippen molar-refractivity contribution in [2.24, 2.45) is 0 Å². The van der Waals surface area contributed by atoms with E-state index in [1.807, 2.05) is 38.4 Å². The molecular weight excluding hydrogens is 350 g/mol. The average molecular weight is 374 g/mol. The number of amides is 2. The van der Waals surface area contributed by atoms with Gasteiger partial charge in [-0.05, 0) is 31.3 Å². The molecule has 0 aliphatic carbocycles. The van der Waals surface area contributed by atoms with Crippen LogP contribution in [0.25, 0.3) is 0 Å². The van der Waals surface area contributed by atoms with Gasteiger partial charge < -0.3 is 20.3 Å². The van der Waals surface area contributed by atoms with E-state index >= 15 is 0 Å². The smallest absolute Gasteiger partial charge is 0.315 e. The van der Waals surface area contributed by atoms with Crippen molar-refractivity contribution in [3.05, 3.63) is 64.2 Å². The molecule has 0 aromatic heterocycles. The summed E-state index contributed by atoms with van der Waals surface area (Å²) in [6, 6.07) is 13.6. The first-order chi connectivity index (χ1) is 12.5. The molecule has 1 atom stereocenters. The van der Waals surface area contributed by atoms with Crippen LogP contribution in [0.4, 0.5) is 4.79 Å². The fourth-order valence-electron chi connectivity index (χ4n) is 3.06. The molecule has 0 radical (unpaired) electrons. The molecule has 0 saturated carbocycles. The summed E-state index contributed by atoms with van der Waals surface area (Å²) in [5.41, 5.74) is 3.24. The highest BCUT2D eigenvalue weighted by Gasteiger charge is 2.24. The Balaban J connectivity index is 1.55. The van der Waals surface area contributed by atoms with E-state index < -0.39 is 0 Å². The lowest BCUT2D eigenvalue weighted by Crippen LogP contribution is -2.39. The van der Waals surface area contributed by atoms with Gasteiger partial charge in [0, 0.05) is 25.1 Å². The van der Waals surface area contributed by atoms with E-state index in [4.69, 9.17) is 16.3 Å². The zero-order valence-corrected chi connectivity index (χ0v) is 15.8. The molecule has 0 spiro atoms. The Hall–Kier alpha value is -2.24. The molecule has 2 N–H and O–H groups in total. The Morgan fingerprint density at radius 2 is 1.92 bits per heavy atom. The number of halogens is 1. The second-order valence-electron chi connectivity index (χ2n) is 6.73. The van der Waals surface area contributed by atoms with E-state index in [0.717, 1.165) is 24.1 Å². The van der Waals surface area contributed by atoms with Crippen molar-refractivity contribution in [2.45, 2.75) is 25.6 Å². The number of nitrogens with one attached hydrogen (secondary N) is 2. The van der Waals surface area contributed by atoms with E-state index in [1.54, 1.807) is 6.07 Å². The first-order valence-electron chi connectivity index (χ1n) is 8.71. The number of ether oxygens (including phenoxy) is 1. The van der Waals surface area contributed by atoms with E-state index in [9.17, 15) is 4.79 Å². The van der Waals surface area contributed by atoms with Gasteiger partial charge in [-0.15, -0.1) is 0 Å². The van der Waals surface area contributed by atoms with Crippen molar-refractivity contribution in [3.8, 4) is 5.75 Å². The number of para-hydroxylation sites is 1. The molecule has 1 aliphatic rings. The van der Waals surface area contributed by atoms with Crippen LogP contribution in [0.3, 0.4) is 0 Å². The van der Waals surface area contributed by atoms with Crippen LogP contribution in [0, 0.1) is 0 Å². The number of rotatable bonds is 5. The highest BCUT2D eigenvalue weighted by Crippen LogP contribution is 2.37. The van der Waals surface area contributed by atoms with Gasteiger partial charge in [0.15, 0.2) is 0 Å².